The number of amides is 1. The lowest BCUT2D eigenvalue weighted by Gasteiger charge is -2.31. The topological polar surface area (TPSA) is 84.3 Å². The van der Waals surface area contributed by atoms with E-state index >= 15 is 0 Å². The highest BCUT2D eigenvalue weighted by Crippen LogP contribution is 2.14. The SMILES string of the molecule is CS(=O)(=O)N1CCCC(NC(=O)c2ccc(Cn3ccnc3)cc2)C1. The second-order valence-electron chi connectivity index (χ2n) is 6.37. The van der Waals surface area contributed by atoms with Gasteiger partial charge >= 0.3 is 0 Å². The molecule has 7 nitrogen and oxygen atoms in total. The van der Waals surface area contributed by atoms with Gasteiger partial charge in [-0.3, -0.25) is 4.79 Å². The number of rotatable bonds is 5. The molecule has 1 aromatic heterocycles. The molecule has 0 saturated carbocycles. The van der Waals surface area contributed by atoms with Crippen molar-refractivity contribution in [3.63, 3.8) is 0 Å². The van der Waals surface area contributed by atoms with Crippen molar-refractivity contribution in [2.24, 2.45) is 0 Å². The van der Waals surface area contributed by atoms with Gasteiger partial charge in [-0.15, -0.1) is 0 Å². The summed E-state index contributed by atoms with van der Waals surface area (Å²) in [7, 11) is -3.22. The summed E-state index contributed by atoms with van der Waals surface area (Å²) in [5, 5.41) is 2.94. The first-order chi connectivity index (χ1) is 11.9. The molecule has 1 N–H and O–H groups in total. The number of carbonyl (C=O) groups is 1. The Morgan fingerprint density at radius 3 is 2.72 bits per heavy atom. The highest BCUT2D eigenvalue weighted by atomic mass is 32.2. The average molecular weight is 362 g/mol. The standard InChI is InChI=1S/C17H22N4O3S/c1-25(23,24)21-9-2-3-16(12-21)19-17(22)15-6-4-14(5-7-15)11-20-10-8-18-13-20/h4-8,10,13,16H,2-3,9,11-12H2,1H3,(H,19,22). The van der Waals surface area contributed by atoms with Crippen molar-refractivity contribution in [2.75, 3.05) is 19.3 Å². The summed E-state index contributed by atoms with van der Waals surface area (Å²) < 4.78 is 26.7. The quantitative estimate of drug-likeness (QED) is 0.863. The van der Waals surface area contributed by atoms with Crippen LogP contribution >= 0.6 is 0 Å². The Kier molecular flexibility index (Phi) is 5.19. The number of imidazole rings is 1. The normalized spacial score (nSPS) is 18.8. The Morgan fingerprint density at radius 1 is 1.32 bits per heavy atom. The molecule has 3 rings (SSSR count). The van der Waals surface area contributed by atoms with Crippen molar-refractivity contribution < 1.29 is 13.2 Å². The first-order valence-electron chi connectivity index (χ1n) is 8.22. The maximum absolute atomic E-state index is 12.4. The van der Waals surface area contributed by atoms with Crippen molar-refractivity contribution >= 4 is 15.9 Å². The number of hydrogen-bond donors (Lipinski definition) is 1. The summed E-state index contributed by atoms with van der Waals surface area (Å²) in [6.07, 6.45) is 8.11. The van der Waals surface area contributed by atoms with Crippen LogP contribution in [-0.2, 0) is 16.6 Å². The zero-order valence-corrected chi connectivity index (χ0v) is 14.9. The van der Waals surface area contributed by atoms with E-state index in [9.17, 15) is 13.2 Å². The maximum atomic E-state index is 12.4. The molecule has 1 atom stereocenters. The van der Waals surface area contributed by atoms with E-state index in [0.29, 0.717) is 25.2 Å². The smallest absolute Gasteiger partial charge is 0.251 e. The Bertz CT molecular complexity index is 816. The van der Waals surface area contributed by atoms with Crippen LogP contribution in [0, 0.1) is 0 Å². The number of carbonyl (C=O) groups excluding carboxylic acids is 1. The largest absolute Gasteiger partial charge is 0.348 e. The molecule has 134 valence electrons. The third-order valence-corrected chi connectivity index (χ3v) is 5.60. The molecule has 0 spiro atoms. The van der Waals surface area contributed by atoms with Gasteiger partial charge in [0.15, 0.2) is 0 Å². The molecule has 2 aromatic rings. The van der Waals surface area contributed by atoms with Crippen molar-refractivity contribution in [3.8, 4) is 0 Å². The van der Waals surface area contributed by atoms with E-state index in [4.69, 9.17) is 0 Å². The predicted molar refractivity (Wildman–Crippen MR) is 94.7 cm³/mol. The Balaban J connectivity index is 1.59. The number of piperidine rings is 1. The number of aromatic nitrogens is 2. The van der Waals surface area contributed by atoms with Crippen LogP contribution in [0.3, 0.4) is 0 Å². The Labute approximate surface area is 147 Å². The highest BCUT2D eigenvalue weighted by Gasteiger charge is 2.26. The van der Waals surface area contributed by atoms with Crippen LogP contribution in [0.15, 0.2) is 43.0 Å². The van der Waals surface area contributed by atoms with Crippen LogP contribution < -0.4 is 5.32 Å². The fourth-order valence-electron chi connectivity index (χ4n) is 2.98. The molecule has 1 aliphatic heterocycles. The molecule has 0 radical (unpaired) electrons. The zero-order valence-electron chi connectivity index (χ0n) is 14.1. The molecule has 8 heteroatoms. The second-order valence-corrected chi connectivity index (χ2v) is 8.35. The molecule has 1 fully saturated rings. The van der Waals surface area contributed by atoms with E-state index in [1.54, 1.807) is 24.7 Å². The zero-order chi connectivity index (χ0) is 17.9. The number of nitrogens with one attached hydrogen (secondary N) is 1. The molecular weight excluding hydrogens is 340 g/mol. The first-order valence-corrected chi connectivity index (χ1v) is 10.1. The summed E-state index contributed by atoms with van der Waals surface area (Å²) >= 11 is 0. The van der Waals surface area contributed by atoms with Crippen LogP contribution in [0.4, 0.5) is 0 Å². The van der Waals surface area contributed by atoms with E-state index < -0.39 is 10.0 Å². The Morgan fingerprint density at radius 2 is 2.08 bits per heavy atom. The third kappa shape index (κ3) is 4.67. The van der Waals surface area contributed by atoms with Gasteiger partial charge in [-0.05, 0) is 30.5 Å². The van der Waals surface area contributed by atoms with Crippen LogP contribution in [-0.4, -0.2) is 53.6 Å². The minimum absolute atomic E-state index is 0.151. The van der Waals surface area contributed by atoms with Gasteiger partial charge in [-0.2, -0.15) is 0 Å². The molecule has 1 saturated heterocycles. The first kappa shape index (κ1) is 17.6. The Hall–Kier alpha value is -2.19. The molecule has 0 aliphatic carbocycles. The third-order valence-electron chi connectivity index (χ3n) is 4.33. The molecule has 25 heavy (non-hydrogen) atoms. The van der Waals surface area contributed by atoms with Crippen LogP contribution in [0.25, 0.3) is 0 Å². The number of hydrogen-bond acceptors (Lipinski definition) is 4. The second kappa shape index (κ2) is 7.37. The minimum atomic E-state index is -3.22. The van der Waals surface area contributed by atoms with E-state index in [0.717, 1.165) is 18.4 Å². The molecule has 1 aromatic carbocycles. The van der Waals surface area contributed by atoms with Crippen molar-refractivity contribution in [3.05, 3.63) is 54.1 Å². The maximum Gasteiger partial charge on any atom is 0.251 e. The molecule has 1 aliphatic rings. The summed E-state index contributed by atoms with van der Waals surface area (Å²) in [5.41, 5.74) is 1.65. The summed E-state index contributed by atoms with van der Waals surface area (Å²) in [6, 6.07) is 7.26. The molecule has 2 heterocycles. The van der Waals surface area contributed by atoms with Gasteiger partial charge in [0.1, 0.15) is 0 Å². The van der Waals surface area contributed by atoms with Crippen molar-refractivity contribution in [2.45, 2.75) is 25.4 Å². The van der Waals surface area contributed by atoms with Crippen LogP contribution in [0.5, 0.6) is 0 Å². The lowest BCUT2D eigenvalue weighted by molar-refractivity contribution is 0.0921. The fourth-order valence-corrected chi connectivity index (χ4v) is 3.89. The summed E-state index contributed by atoms with van der Waals surface area (Å²) in [4.78, 5) is 16.4. The van der Waals surface area contributed by atoms with Crippen molar-refractivity contribution in [1.29, 1.82) is 0 Å². The van der Waals surface area contributed by atoms with E-state index in [2.05, 4.69) is 10.3 Å². The van der Waals surface area contributed by atoms with Gasteiger partial charge in [-0.25, -0.2) is 17.7 Å². The lowest BCUT2D eigenvalue weighted by atomic mass is 10.1. The predicted octanol–water partition coefficient (Wildman–Crippen LogP) is 1.09. The van der Waals surface area contributed by atoms with Gasteiger partial charge in [-0.1, -0.05) is 12.1 Å². The van der Waals surface area contributed by atoms with E-state index in [1.807, 2.05) is 22.9 Å². The van der Waals surface area contributed by atoms with Crippen LogP contribution in [0.1, 0.15) is 28.8 Å². The lowest BCUT2D eigenvalue weighted by Crippen LogP contribution is -2.49. The van der Waals surface area contributed by atoms with E-state index in [1.165, 1.54) is 10.6 Å². The molecule has 1 unspecified atom stereocenters. The van der Waals surface area contributed by atoms with Crippen LogP contribution in [0.2, 0.25) is 0 Å². The summed E-state index contributed by atoms with van der Waals surface area (Å²) in [5.74, 6) is -0.172. The highest BCUT2D eigenvalue weighted by molar-refractivity contribution is 7.88. The number of sulfonamides is 1. The van der Waals surface area contributed by atoms with Crippen molar-refractivity contribution in [1.82, 2.24) is 19.2 Å². The van der Waals surface area contributed by atoms with Gasteiger partial charge in [0, 0.05) is 43.6 Å². The average Bonchev–Trinajstić information content (AvgIpc) is 3.08. The minimum Gasteiger partial charge on any atom is -0.348 e. The molecule has 0 bridgehead atoms. The fraction of sp³-hybridized carbons (Fsp3) is 0.412. The monoisotopic (exact) mass is 362 g/mol. The number of nitrogens with zero attached hydrogens (tertiary/aromatic N) is 3. The summed E-state index contributed by atoms with van der Waals surface area (Å²) in [6.45, 7) is 1.56. The van der Waals surface area contributed by atoms with Gasteiger partial charge in [0.25, 0.3) is 5.91 Å². The molecule has 1 amide bonds. The van der Waals surface area contributed by atoms with Gasteiger partial charge < -0.3 is 9.88 Å². The van der Waals surface area contributed by atoms with E-state index in [-0.39, 0.29) is 11.9 Å². The number of benzene rings is 1. The van der Waals surface area contributed by atoms with Gasteiger partial charge in [0.2, 0.25) is 10.0 Å². The molecular formula is C17H22N4O3S. The van der Waals surface area contributed by atoms with Gasteiger partial charge in [0.05, 0.1) is 12.6 Å².